The van der Waals surface area contributed by atoms with Gasteiger partial charge in [-0.05, 0) is 24.6 Å². The molecule has 76 valence electrons. The van der Waals surface area contributed by atoms with Gasteiger partial charge in [0.1, 0.15) is 6.07 Å². The molecule has 0 unspecified atom stereocenters. The average Bonchev–Trinajstić information content (AvgIpc) is 2.25. The molecule has 1 aromatic rings. The molecule has 0 saturated heterocycles. The number of hydrogen-bond donors (Lipinski definition) is 1. The summed E-state index contributed by atoms with van der Waals surface area (Å²) in [6.45, 7) is 0.812. The van der Waals surface area contributed by atoms with E-state index >= 15 is 0 Å². The van der Waals surface area contributed by atoms with Gasteiger partial charge in [-0.2, -0.15) is 5.26 Å². The predicted molar refractivity (Wildman–Crippen MR) is 62.7 cm³/mol. The van der Waals surface area contributed by atoms with Crippen molar-refractivity contribution in [3.63, 3.8) is 0 Å². The molecule has 0 bridgehead atoms. The van der Waals surface area contributed by atoms with E-state index in [9.17, 15) is 0 Å². The van der Waals surface area contributed by atoms with E-state index < -0.39 is 0 Å². The first-order valence-electron chi connectivity index (χ1n) is 4.65. The highest BCUT2D eigenvalue weighted by molar-refractivity contribution is 6.32. The second-order valence-electron chi connectivity index (χ2n) is 3.04. The van der Waals surface area contributed by atoms with Crippen molar-refractivity contribution in [2.45, 2.75) is 12.8 Å². The summed E-state index contributed by atoms with van der Waals surface area (Å²) in [7, 11) is 0. The molecule has 0 spiro atoms. The van der Waals surface area contributed by atoms with Gasteiger partial charge in [0.25, 0.3) is 0 Å². The maximum Gasteiger partial charge on any atom is 0.101 e. The molecule has 1 aromatic carbocycles. The Hall–Kier alpha value is -1.64. The summed E-state index contributed by atoms with van der Waals surface area (Å²) >= 11 is 5.87. The standard InChI is InChI=1S/C12H11ClN2/c1-2-3-4-7-15-11-6-5-10(9-14)12(13)8-11/h1,5-6,8,15H,3-4,7H2. The Morgan fingerprint density at radius 1 is 1.47 bits per heavy atom. The van der Waals surface area contributed by atoms with Gasteiger partial charge in [0.15, 0.2) is 0 Å². The fourth-order valence-corrected chi connectivity index (χ4v) is 1.36. The Balaban J connectivity index is 2.54. The summed E-state index contributed by atoms with van der Waals surface area (Å²) in [5.41, 5.74) is 1.40. The van der Waals surface area contributed by atoms with Crippen molar-refractivity contribution in [1.29, 1.82) is 5.26 Å². The largest absolute Gasteiger partial charge is 0.385 e. The molecule has 15 heavy (non-hydrogen) atoms. The SMILES string of the molecule is C#CCCCNc1ccc(C#N)c(Cl)c1. The molecule has 0 amide bonds. The van der Waals surface area contributed by atoms with Gasteiger partial charge >= 0.3 is 0 Å². The molecule has 2 nitrogen and oxygen atoms in total. The molecule has 1 rings (SSSR count). The van der Waals surface area contributed by atoms with E-state index in [2.05, 4.69) is 11.2 Å². The van der Waals surface area contributed by atoms with Gasteiger partial charge in [-0.15, -0.1) is 12.3 Å². The third-order valence-corrected chi connectivity index (χ3v) is 2.23. The zero-order chi connectivity index (χ0) is 11.1. The van der Waals surface area contributed by atoms with Gasteiger partial charge in [-0.25, -0.2) is 0 Å². The van der Waals surface area contributed by atoms with Crippen LogP contribution in [0.2, 0.25) is 5.02 Å². The Labute approximate surface area is 94.9 Å². The summed E-state index contributed by atoms with van der Waals surface area (Å²) in [6, 6.07) is 7.29. The molecule has 0 saturated carbocycles. The number of anilines is 1. The third kappa shape index (κ3) is 3.54. The topological polar surface area (TPSA) is 35.8 Å². The number of rotatable bonds is 4. The van der Waals surface area contributed by atoms with E-state index in [0.717, 1.165) is 25.1 Å². The Morgan fingerprint density at radius 3 is 2.87 bits per heavy atom. The number of nitriles is 1. The molecule has 3 heteroatoms. The minimum Gasteiger partial charge on any atom is -0.385 e. The second-order valence-corrected chi connectivity index (χ2v) is 3.45. The fraction of sp³-hybridized carbons (Fsp3) is 0.250. The maximum absolute atomic E-state index is 8.68. The number of halogens is 1. The van der Waals surface area contributed by atoms with Crippen molar-refractivity contribution in [3.05, 3.63) is 28.8 Å². The zero-order valence-corrected chi connectivity index (χ0v) is 9.01. The van der Waals surface area contributed by atoms with Gasteiger partial charge in [0, 0.05) is 18.7 Å². The lowest BCUT2D eigenvalue weighted by Gasteiger charge is -2.05. The first-order valence-corrected chi connectivity index (χ1v) is 5.02. The molecular weight excluding hydrogens is 208 g/mol. The highest BCUT2D eigenvalue weighted by Gasteiger charge is 1.99. The van der Waals surface area contributed by atoms with Crippen molar-refractivity contribution < 1.29 is 0 Å². The van der Waals surface area contributed by atoms with E-state index in [4.69, 9.17) is 23.3 Å². The van der Waals surface area contributed by atoms with Crippen LogP contribution in [-0.4, -0.2) is 6.54 Å². The van der Waals surface area contributed by atoms with E-state index in [1.165, 1.54) is 0 Å². The average molecular weight is 219 g/mol. The van der Waals surface area contributed by atoms with E-state index in [1.807, 2.05) is 12.1 Å². The van der Waals surface area contributed by atoms with Crippen LogP contribution in [-0.2, 0) is 0 Å². The lowest BCUT2D eigenvalue weighted by atomic mass is 10.2. The first-order chi connectivity index (χ1) is 7.27. The van der Waals surface area contributed by atoms with Crippen molar-refractivity contribution in [3.8, 4) is 18.4 Å². The number of hydrogen-bond acceptors (Lipinski definition) is 2. The van der Waals surface area contributed by atoms with Crippen molar-refractivity contribution in [2.24, 2.45) is 0 Å². The smallest absolute Gasteiger partial charge is 0.101 e. The number of nitrogens with zero attached hydrogens (tertiary/aromatic N) is 1. The van der Waals surface area contributed by atoms with Crippen LogP contribution in [0.25, 0.3) is 0 Å². The number of terminal acetylenes is 1. The molecule has 0 aliphatic rings. The lowest BCUT2D eigenvalue weighted by Crippen LogP contribution is -2.00. The van der Waals surface area contributed by atoms with Gasteiger partial charge in [0.2, 0.25) is 0 Å². The molecule has 0 aromatic heterocycles. The van der Waals surface area contributed by atoms with Crippen LogP contribution < -0.4 is 5.32 Å². The van der Waals surface area contributed by atoms with Crippen molar-refractivity contribution >= 4 is 17.3 Å². The molecule has 0 atom stereocenters. The number of nitrogens with one attached hydrogen (secondary N) is 1. The Kier molecular flexibility index (Phi) is 4.54. The molecule has 0 aliphatic heterocycles. The van der Waals surface area contributed by atoms with Gasteiger partial charge < -0.3 is 5.32 Å². The summed E-state index contributed by atoms with van der Waals surface area (Å²) in [5, 5.41) is 12.3. The van der Waals surface area contributed by atoms with Gasteiger partial charge in [-0.3, -0.25) is 0 Å². The predicted octanol–water partition coefficient (Wildman–Crippen LogP) is 3.04. The summed E-state index contributed by atoms with van der Waals surface area (Å²) < 4.78 is 0. The molecular formula is C12H11ClN2. The van der Waals surface area contributed by atoms with Crippen LogP contribution in [0.5, 0.6) is 0 Å². The van der Waals surface area contributed by atoms with E-state index in [0.29, 0.717) is 10.6 Å². The minimum absolute atomic E-state index is 0.472. The van der Waals surface area contributed by atoms with Crippen LogP contribution in [0, 0.1) is 23.7 Å². The van der Waals surface area contributed by atoms with Gasteiger partial charge in [0.05, 0.1) is 10.6 Å². The quantitative estimate of drug-likeness (QED) is 0.623. The summed E-state index contributed by atoms with van der Waals surface area (Å²) in [6.07, 6.45) is 6.82. The second kappa shape index (κ2) is 5.96. The van der Waals surface area contributed by atoms with Crippen LogP contribution in [0.4, 0.5) is 5.69 Å². The highest BCUT2D eigenvalue weighted by Crippen LogP contribution is 2.19. The third-order valence-electron chi connectivity index (χ3n) is 1.92. The van der Waals surface area contributed by atoms with Crippen molar-refractivity contribution in [2.75, 3.05) is 11.9 Å². The fourth-order valence-electron chi connectivity index (χ4n) is 1.14. The van der Waals surface area contributed by atoms with E-state index in [1.54, 1.807) is 12.1 Å². The van der Waals surface area contributed by atoms with E-state index in [-0.39, 0.29) is 0 Å². The highest BCUT2D eigenvalue weighted by atomic mass is 35.5. The first kappa shape index (κ1) is 11.4. The molecule has 0 radical (unpaired) electrons. The maximum atomic E-state index is 8.68. The number of benzene rings is 1. The zero-order valence-electron chi connectivity index (χ0n) is 8.26. The molecule has 0 fully saturated rings. The normalized spacial score (nSPS) is 9.00. The van der Waals surface area contributed by atoms with Crippen LogP contribution in [0.1, 0.15) is 18.4 Å². The molecule has 0 heterocycles. The minimum atomic E-state index is 0.472. The number of unbranched alkanes of at least 4 members (excludes halogenated alkanes) is 1. The van der Waals surface area contributed by atoms with Crippen LogP contribution in [0.3, 0.4) is 0 Å². The summed E-state index contributed by atoms with van der Waals surface area (Å²) in [4.78, 5) is 0. The Bertz CT molecular complexity index is 413. The molecule has 1 N–H and O–H groups in total. The monoisotopic (exact) mass is 218 g/mol. The Morgan fingerprint density at radius 2 is 2.27 bits per heavy atom. The summed E-state index contributed by atoms with van der Waals surface area (Å²) in [5.74, 6) is 2.57. The van der Waals surface area contributed by atoms with Crippen molar-refractivity contribution in [1.82, 2.24) is 0 Å². The molecule has 0 aliphatic carbocycles. The van der Waals surface area contributed by atoms with Gasteiger partial charge in [-0.1, -0.05) is 11.6 Å². The van der Waals surface area contributed by atoms with Crippen LogP contribution >= 0.6 is 11.6 Å². The lowest BCUT2D eigenvalue weighted by molar-refractivity contribution is 0.907. The van der Waals surface area contributed by atoms with Crippen LogP contribution in [0.15, 0.2) is 18.2 Å².